The van der Waals surface area contributed by atoms with E-state index < -0.39 is 0 Å². The molecule has 0 atom stereocenters. The average molecular weight is 289 g/mol. The molecule has 0 saturated carbocycles. The molecular weight excluding hydrogens is 272 g/mol. The fraction of sp³-hybridized carbons (Fsp3) is 0.545. The van der Waals surface area contributed by atoms with Gasteiger partial charge < -0.3 is 5.32 Å². The van der Waals surface area contributed by atoms with Crippen LogP contribution in [-0.2, 0) is 0 Å². The topological polar surface area (TPSA) is 24.9 Å². The van der Waals surface area contributed by atoms with Crippen molar-refractivity contribution in [1.29, 1.82) is 0 Å². The van der Waals surface area contributed by atoms with Gasteiger partial charge in [-0.25, -0.2) is 4.98 Å². The van der Waals surface area contributed by atoms with Gasteiger partial charge in [-0.15, -0.1) is 0 Å². The number of nitrogens with one attached hydrogen (secondary N) is 1. The lowest BCUT2D eigenvalue weighted by molar-refractivity contribution is 0.749. The minimum absolute atomic E-state index is 0.228. The normalized spacial score (nSPS) is 11.5. The molecular formula is C11H17BrN2S. The maximum Gasteiger partial charge on any atom is 0.140 e. The highest BCUT2D eigenvalue weighted by Crippen LogP contribution is 2.24. The van der Waals surface area contributed by atoms with E-state index in [4.69, 9.17) is 0 Å². The van der Waals surface area contributed by atoms with Crippen LogP contribution in [0.2, 0.25) is 0 Å². The van der Waals surface area contributed by atoms with Gasteiger partial charge in [0.1, 0.15) is 5.82 Å². The van der Waals surface area contributed by atoms with E-state index in [1.54, 1.807) is 0 Å². The maximum absolute atomic E-state index is 4.35. The number of hydrogen-bond donors (Lipinski definition) is 1. The lowest BCUT2D eigenvalue weighted by Gasteiger charge is -2.22. The molecule has 1 heterocycles. The van der Waals surface area contributed by atoms with Gasteiger partial charge in [0.05, 0.1) is 4.47 Å². The van der Waals surface area contributed by atoms with Crippen molar-refractivity contribution < 1.29 is 0 Å². The molecule has 0 amide bonds. The van der Waals surface area contributed by atoms with Gasteiger partial charge in [-0.05, 0) is 54.6 Å². The number of nitrogens with zero attached hydrogens (tertiary/aromatic N) is 1. The Balaban J connectivity index is 2.66. The zero-order valence-corrected chi connectivity index (χ0v) is 12.0. The molecule has 1 rings (SSSR count). The summed E-state index contributed by atoms with van der Waals surface area (Å²) < 4.78 is 1.26. The second-order valence-electron chi connectivity index (χ2n) is 4.16. The summed E-state index contributed by atoms with van der Waals surface area (Å²) in [5, 5.41) is 3.35. The van der Waals surface area contributed by atoms with Gasteiger partial charge in [-0.3, -0.25) is 0 Å². The molecule has 0 aliphatic carbocycles. The number of pyridine rings is 1. The molecule has 0 aliphatic heterocycles. The third-order valence-electron chi connectivity index (χ3n) is 2.21. The number of halogens is 1. The summed E-state index contributed by atoms with van der Waals surface area (Å²) in [6.07, 6.45) is 4.00. The van der Waals surface area contributed by atoms with Crippen LogP contribution < -0.4 is 5.32 Å². The molecule has 84 valence electrons. The van der Waals surface area contributed by atoms with E-state index in [9.17, 15) is 0 Å². The molecule has 0 bridgehead atoms. The molecule has 0 unspecified atom stereocenters. The summed E-state index contributed by atoms with van der Waals surface area (Å²) in [4.78, 5) is 4.35. The van der Waals surface area contributed by atoms with Gasteiger partial charge in [0.15, 0.2) is 0 Å². The molecule has 0 aliphatic rings. The Labute approximate surface area is 104 Å². The minimum Gasteiger partial charge on any atom is -0.368 e. The SMILES string of the molecule is CSC(C)(C)CNc1ncc(C)cc1Br. The smallest absolute Gasteiger partial charge is 0.140 e. The second-order valence-corrected chi connectivity index (χ2v) is 6.53. The van der Waals surface area contributed by atoms with E-state index in [2.05, 4.69) is 52.4 Å². The van der Waals surface area contributed by atoms with Crippen molar-refractivity contribution in [2.45, 2.75) is 25.5 Å². The van der Waals surface area contributed by atoms with E-state index in [1.807, 2.05) is 24.9 Å². The first kappa shape index (κ1) is 12.8. The van der Waals surface area contributed by atoms with Crippen molar-refractivity contribution >= 4 is 33.5 Å². The zero-order valence-electron chi connectivity index (χ0n) is 9.60. The fourth-order valence-corrected chi connectivity index (χ4v) is 1.85. The van der Waals surface area contributed by atoms with Gasteiger partial charge >= 0.3 is 0 Å². The van der Waals surface area contributed by atoms with Crippen LogP contribution in [0.3, 0.4) is 0 Å². The van der Waals surface area contributed by atoms with Crippen LogP contribution in [0.25, 0.3) is 0 Å². The van der Waals surface area contributed by atoms with Crippen molar-refractivity contribution in [3.05, 3.63) is 22.3 Å². The lowest BCUT2D eigenvalue weighted by atomic mass is 10.2. The molecule has 0 spiro atoms. The first-order valence-corrected chi connectivity index (χ1v) is 6.87. The molecule has 1 N–H and O–H groups in total. The van der Waals surface area contributed by atoms with Crippen LogP contribution in [0.4, 0.5) is 5.82 Å². The molecule has 1 aromatic heterocycles. The summed E-state index contributed by atoms with van der Waals surface area (Å²) >= 11 is 5.35. The predicted octanol–water partition coefficient (Wildman–Crippen LogP) is 3.71. The second kappa shape index (κ2) is 5.21. The Morgan fingerprint density at radius 3 is 2.73 bits per heavy atom. The number of rotatable bonds is 4. The number of aromatic nitrogens is 1. The third kappa shape index (κ3) is 4.03. The van der Waals surface area contributed by atoms with Crippen molar-refractivity contribution in [1.82, 2.24) is 4.98 Å². The molecule has 2 nitrogen and oxygen atoms in total. The highest BCUT2D eigenvalue weighted by Gasteiger charge is 2.16. The van der Waals surface area contributed by atoms with Crippen LogP contribution in [0.1, 0.15) is 19.4 Å². The monoisotopic (exact) mass is 288 g/mol. The van der Waals surface area contributed by atoms with E-state index >= 15 is 0 Å². The molecule has 0 radical (unpaired) electrons. The van der Waals surface area contributed by atoms with Crippen molar-refractivity contribution in [2.24, 2.45) is 0 Å². The van der Waals surface area contributed by atoms with Gasteiger partial charge in [-0.2, -0.15) is 11.8 Å². The van der Waals surface area contributed by atoms with Gasteiger partial charge in [0.25, 0.3) is 0 Å². The van der Waals surface area contributed by atoms with Gasteiger partial charge in [0, 0.05) is 17.5 Å². The Morgan fingerprint density at radius 2 is 2.20 bits per heavy atom. The van der Waals surface area contributed by atoms with Crippen molar-refractivity contribution in [2.75, 3.05) is 18.1 Å². The van der Waals surface area contributed by atoms with Gasteiger partial charge in [-0.1, -0.05) is 0 Å². The lowest BCUT2D eigenvalue weighted by Crippen LogP contribution is -2.26. The molecule has 4 heteroatoms. The standard InChI is InChI=1S/C11H17BrN2S/c1-8-5-9(12)10(13-6-8)14-7-11(2,3)15-4/h5-6H,7H2,1-4H3,(H,13,14). The zero-order chi connectivity index (χ0) is 11.5. The van der Waals surface area contributed by atoms with Crippen LogP contribution in [0.15, 0.2) is 16.7 Å². The Morgan fingerprint density at radius 1 is 1.53 bits per heavy atom. The summed E-state index contributed by atoms with van der Waals surface area (Å²) in [5.74, 6) is 0.919. The Kier molecular flexibility index (Phi) is 4.46. The fourth-order valence-electron chi connectivity index (χ4n) is 1.03. The van der Waals surface area contributed by atoms with Crippen LogP contribution in [-0.4, -0.2) is 22.5 Å². The van der Waals surface area contributed by atoms with Crippen molar-refractivity contribution in [3.63, 3.8) is 0 Å². The van der Waals surface area contributed by atoms with Crippen molar-refractivity contribution in [3.8, 4) is 0 Å². The van der Waals surface area contributed by atoms with E-state index in [0.717, 1.165) is 22.4 Å². The Hall–Kier alpha value is -0.220. The average Bonchev–Trinajstić information content (AvgIpc) is 2.16. The van der Waals surface area contributed by atoms with E-state index in [0.29, 0.717) is 0 Å². The first-order valence-electron chi connectivity index (χ1n) is 4.86. The highest BCUT2D eigenvalue weighted by molar-refractivity contribution is 9.10. The molecule has 15 heavy (non-hydrogen) atoms. The van der Waals surface area contributed by atoms with Crippen LogP contribution in [0.5, 0.6) is 0 Å². The minimum atomic E-state index is 0.228. The number of hydrogen-bond acceptors (Lipinski definition) is 3. The number of aryl methyl sites for hydroxylation is 1. The van der Waals surface area contributed by atoms with E-state index in [1.165, 1.54) is 0 Å². The summed E-state index contributed by atoms with van der Waals surface area (Å²) in [7, 11) is 0. The van der Waals surface area contributed by atoms with Gasteiger partial charge in [0.2, 0.25) is 0 Å². The van der Waals surface area contributed by atoms with Crippen LogP contribution in [0, 0.1) is 6.92 Å². The molecule has 0 saturated heterocycles. The largest absolute Gasteiger partial charge is 0.368 e. The highest BCUT2D eigenvalue weighted by atomic mass is 79.9. The molecule has 0 fully saturated rings. The maximum atomic E-state index is 4.35. The first-order chi connectivity index (χ1) is 6.94. The summed E-state index contributed by atoms with van der Waals surface area (Å²) in [5.41, 5.74) is 1.16. The quantitative estimate of drug-likeness (QED) is 0.914. The number of anilines is 1. The Bertz CT molecular complexity index is 339. The number of thioether (sulfide) groups is 1. The molecule has 0 aromatic carbocycles. The third-order valence-corrected chi connectivity index (χ3v) is 4.07. The predicted molar refractivity (Wildman–Crippen MR) is 72.8 cm³/mol. The summed E-state index contributed by atoms with van der Waals surface area (Å²) in [6, 6.07) is 2.07. The van der Waals surface area contributed by atoms with Crippen LogP contribution >= 0.6 is 27.7 Å². The molecule has 1 aromatic rings. The van der Waals surface area contributed by atoms with E-state index in [-0.39, 0.29) is 4.75 Å². The summed E-state index contributed by atoms with van der Waals surface area (Å²) in [6.45, 7) is 7.37.